The van der Waals surface area contributed by atoms with Crippen molar-refractivity contribution >= 4 is 35.5 Å². The highest BCUT2D eigenvalue weighted by Crippen LogP contribution is 2.18. The van der Waals surface area contributed by atoms with Crippen molar-refractivity contribution in [3.8, 4) is 5.75 Å². The lowest BCUT2D eigenvalue weighted by Gasteiger charge is -2.27. The van der Waals surface area contributed by atoms with Crippen molar-refractivity contribution in [1.82, 2.24) is 15.5 Å². The van der Waals surface area contributed by atoms with Gasteiger partial charge in [-0.25, -0.2) is 4.79 Å². The molecule has 0 saturated carbocycles. The Balaban J connectivity index is 2.18. The number of carbonyl (C=O) groups excluding carboxylic acids is 3. The number of hydrogen-bond acceptors (Lipinski definition) is 7. The number of aliphatic carboxylic acids is 1. The number of carboxylic acid groups (broad SMARTS) is 1. The quantitative estimate of drug-likeness (QED) is 0.297. The van der Waals surface area contributed by atoms with Gasteiger partial charge in [0, 0.05) is 13.0 Å². The van der Waals surface area contributed by atoms with Crippen molar-refractivity contribution in [3.05, 3.63) is 29.8 Å². The first-order valence-corrected chi connectivity index (χ1v) is 11.8. The number of thioether (sulfide) groups is 1. The molecule has 1 heterocycles. The van der Waals surface area contributed by atoms with E-state index in [9.17, 15) is 29.4 Å². The van der Waals surface area contributed by atoms with Crippen molar-refractivity contribution in [3.63, 3.8) is 0 Å². The second kappa shape index (κ2) is 12.3. The Morgan fingerprint density at radius 3 is 2.47 bits per heavy atom. The van der Waals surface area contributed by atoms with Gasteiger partial charge < -0.3 is 31.5 Å². The van der Waals surface area contributed by atoms with Crippen LogP contribution in [0.3, 0.4) is 0 Å². The van der Waals surface area contributed by atoms with Crippen LogP contribution in [-0.2, 0) is 25.6 Å². The summed E-state index contributed by atoms with van der Waals surface area (Å²) in [5.41, 5.74) is 6.10. The second-order valence-corrected chi connectivity index (χ2v) is 8.55. The van der Waals surface area contributed by atoms with E-state index in [1.54, 1.807) is 12.1 Å². The number of phenols is 1. The van der Waals surface area contributed by atoms with E-state index in [2.05, 4.69) is 10.6 Å². The molecule has 0 aromatic heterocycles. The van der Waals surface area contributed by atoms with E-state index in [1.807, 2.05) is 6.26 Å². The molecular weight excluding hydrogens is 436 g/mol. The molecule has 3 atom stereocenters. The Kier molecular flexibility index (Phi) is 9.79. The third-order valence-electron chi connectivity index (χ3n) is 5.28. The zero-order chi connectivity index (χ0) is 23.7. The lowest BCUT2D eigenvalue weighted by Crippen LogP contribution is -2.56. The number of amides is 3. The maximum Gasteiger partial charge on any atom is 0.326 e. The normalized spacial score (nSPS) is 17.4. The largest absolute Gasteiger partial charge is 0.508 e. The van der Waals surface area contributed by atoms with Gasteiger partial charge in [-0.1, -0.05) is 12.1 Å². The SMILES string of the molecule is CSCC[C@H](NC(=O)[C@H](Cc1ccc(O)cc1)NC(=O)[C@@H]1CCCN1C(=O)CN)C(=O)O. The zero-order valence-corrected chi connectivity index (χ0v) is 18.8. The average Bonchev–Trinajstić information content (AvgIpc) is 3.26. The van der Waals surface area contributed by atoms with Gasteiger partial charge in [-0.05, 0) is 49.0 Å². The molecule has 1 aromatic rings. The number of nitrogens with two attached hydrogens (primary N) is 1. The molecule has 1 fully saturated rings. The number of benzene rings is 1. The molecular formula is C21H30N4O6S. The minimum atomic E-state index is -1.15. The van der Waals surface area contributed by atoms with Crippen LogP contribution in [0.25, 0.3) is 0 Å². The van der Waals surface area contributed by atoms with Gasteiger partial charge >= 0.3 is 5.97 Å². The van der Waals surface area contributed by atoms with Crippen molar-refractivity contribution < 1.29 is 29.4 Å². The first-order chi connectivity index (χ1) is 15.3. The number of phenolic OH excluding ortho intramolecular Hbond substituents is 1. The summed E-state index contributed by atoms with van der Waals surface area (Å²) >= 11 is 1.46. The van der Waals surface area contributed by atoms with Gasteiger partial charge in [-0.15, -0.1) is 0 Å². The van der Waals surface area contributed by atoms with Crippen LogP contribution in [0.1, 0.15) is 24.8 Å². The Morgan fingerprint density at radius 1 is 1.19 bits per heavy atom. The molecule has 0 spiro atoms. The molecule has 0 aliphatic carbocycles. The van der Waals surface area contributed by atoms with Gasteiger partial charge in [0.25, 0.3) is 0 Å². The third-order valence-corrected chi connectivity index (χ3v) is 5.93. The topological polar surface area (TPSA) is 162 Å². The van der Waals surface area contributed by atoms with Crippen molar-refractivity contribution in [1.29, 1.82) is 0 Å². The maximum atomic E-state index is 13.0. The minimum Gasteiger partial charge on any atom is -0.508 e. The lowest BCUT2D eigenvalue weighted by molar-refractivity contribution is -0.142. The van der Waals surface area contributed by atoms with E-state index >= 15 is 0 Å². The number of carboxylic acids is 1. The molecule has 0 bridgehead atoms. The molecule has 0 unspecified atom stereocenters. The van der Waals surface area contributed by atoms with E-state index in [4.69, 9.17) is 5.73 Å². The maximum absolute atomic E-state index is 13.0. The summed E-state index contributed by atoms with van der Waals surface area (Å²) in [5, 5.41) is 24.1. The monoisotopic (exact) mass is 466 g/mol. The molecule has 1 saturated heterocycles. The molecule has 0 radical (unpaired) electrons. The Labute approximate surface area is 190 Å². The Bertz CT molecular complexity index is 819. The number of rotatable bonds is 11. The van der Waals surface area contributed by atoms with E-state index < -0.39 is 35.9 Å². The van der Waals surface area contributed by atoms with Gasteiger partial charge in [0.15, 0.2) is 0 Å². The van der Waals surface area contributed by atoms with Crippen LogP contribution in [0.2, 0.25) is 0 Å². The highest BCUT2D eigenvalue weighted by Gasteiger charge is 2.36. The summed E-state index contributed by atoms with van der Waals surface area (Å²) in [7, 11) is 0. The summed E-state index contributed by atoms with van der Waals surface area (Å²) in [6, 6.07) is 3.28. The van der Waals surface area contributed by atoms with Gasteiger partial charge in [0.1, 0.15) is 23.9 Å². The highest BCUT2D eigenvalue weighted by molar-refractivity contribution is 7.98. The van der Waals surface area contributed by atoms with Gasteiger partial charge in [0.2, 0.25) is 17.7 Å². The number of nitrogens with one attached hydrogen (secondary N) is 2. The second-order valence-electron chi connectivity index (χ2n) is 7.56. The predicted octanol–water partition coefficient (Wildman–Crippen LogP) is -0.308. The number of aromatic hydroxyl groups is 1. The van der Waals surface area contributed by atoms with Crippen molar-refractivity contribution in [2.24, 2.45) is 5.73 Å². The fourth-order valence-electron chi connectivity index (χ4n) is 3.57. The lowest BCUT2D eigenvalue weighted by atomic mass is 10.0. The Hall–Kier alpha value is -2.79. The summed E-state index contributed by atoms with van der Waals surface area (Å²) in [5.74, 6) is -2.01. The Morgan fingerprint density at radius 2 is 1.88 bits per heavy atom. The van der Waals surface area contributed by atoms with Gasteiger partial charge in [0.05, 0.1) is 6.54 Å². The summed E-state index contributed by atoms with van der Waals surface area (Å²) in [4.78, 5) is 50.9. The van der Waals surface area contributed by atoms with E-state index in [0.717, 1.165) is 0 Å². The fraction of sp³-hybridized carbons (Fsp3) is 0.524. The molecule has 2 rings (SSSR count). The highest BCUT2D eigenvalue weighted by atomic mass is 32.2. The molecule has 10 nitrogen and oxygen atoms in total. The van der Waals surface area contributed by atoms with E-state index in [-0.39, 0.29) is 31.0 Å². The predicted molar refractivity (Wildman–Crippen MR) is 120 cm³/mol. The van der Waals surface area contributed by atoms with Gasteiger partial charge in [-0.2, -0.15) is 11.8 Å². The number of nitrogens with zero attached hydrogens (tertiary/aromatic N) is 1. The average molecular weight is 467 g/mol. The van der Waals surface area contributed by atoms with E-state index in [1.165, 1.54) is 28.8 Å². The smallest absolute Gasteiger partial charge is 0.326 e. The zero-order valence-electron chi connectivity index (χ0n) is 18.0. The van der Waals surface area contributed by atoms with Crippen LogP contribution in [0.15, 0.2) is 24.3 Å². The fourth-order valence-corrected chi connectivity index (χ4v) is 4.04. The number of carbonyl (C=O) groups is 4. The summed E-state index contributed by atoms with van der Waals surface area (Å²) < 4.78 is 0. The van der Waals surface area contributed by atoms with Crippen LogP contribution >= 0.6 is 11.8 Å². The van der Waals surface area contributed by atoms with Crippen LogP contribution in [0.4, 0.5) is 0 Å². The van der Waals surface area contributed by atoms with E-state index in [0.29, 0.717) is 30.7 Å². The van der Waals surface area contributed by atoms with Crippen LogP contribution < -0.4 is 16.4 Å². The van der Waals surface area contributed by atoms with Crippen LogP contribution in [0, 0.1) is 0 Å². The molecule has 32 heavy (non-hydrogen) atoms. The standard InChI is InChI=1S/C21H30N4O6S/c1-32-10-8-15(21(30)31)23-19(28)16(11-13-4-6-14(26)7-5-13)24-20(29)17-3-2-9-25(17)18(27)12-22/h4-7,15-17,26H,2-3,8-12,22H2,1H3,(H,23,28)(H,24,29)(H,30,31)/t15-,16-,17-/m0/s1. The third kappa shape index (κ3) is 7.13. The molecule has 11 heteroatoms. The summed E-state index contributed by atoms with van der Waals surface area (Å²) in [6.45, 7) is 0.204. The first kappa shape index (κ1) is 25.5. The van der Waals surface area contributed by atoms with Crippen molar-refractivity contribution in [2.45, 2.75) is 43.8 Å². The van der Waals surface area contributed by atoms with Crippen LogP contribution in [-0.4, -0.2) is 82.0 Å². The first-order valence-electron chi connectivity index (χ1n) is 10.4. The summed E-state index contributed by atoms with van der Waals surface area (Å²) in [6.07, 6.45) is 3.27. The number of likely N-dealkylation sites (tertiary alicyclic amines) is 1. The molecule has 176 valence electrons. The molecule has 1 aliphatic heterocycles. The molecule has 6 N–H and O–H groups in total. The molecule has 1 aliphatic rings. The minimum absolute atomic E-state index is 0.0590. The number of hydrogen-bond donors (Lipinski definition) is 5. The van der Waals surface area contributed by atoms with Crippen molar-refractivity contribution in [2.75, 3.05) is 25.1 Å². The molecule has 3 amide bonds. The van der Waals surface area contributed by atoms with Gasteiger partial charge in [-0.3, -0.25) is 14.4 Å². The molecule has 1 aromatic carbocycles. The van der Waals surface area contributed by atoms with Crippen LogP contribution in [0.5, 0.6) is 5.75 Å².